The predicted octanol–water partition coefficient (Wildman–Crippen LogP) is 2.66. The van der Waals surface area contributed by atoms with Crippen LogP contribution in [-0.4, -0.2) is 47.0 Å². The lowest BCUT2D eigenvalue weighted by molar-refractivity contribution is 0.123. The third-order valence-electron chi connectivity index (χ3n) is 3.56. The second-order valence-corrected chi connectivity index (χ2v) is 6.78. The molecule has 2 heterocycles. The van der Waals surface area contributed by atoms with Crippen LogP contribution in [0.2, 0.25) is 0 Å². The van der Waals surface area contributed by atoms with Crippen molar-refractivity contribution in [2.24, 2.45) is 0 Å². The highest BCUT2D eigenvalue weighted by molar-refractivity contribution is 5.73. The van der Waals surface area contributed by atoms with Gasteiger partial charge in [0.25, 0.3) is 0 Å². The van der Waals surface area contributed by atoms with Crippen LogP contribution in [0.5, 0.6) is 0 Å². The van der Waals surface area contributed by atoms with E-state index in [1.807, 2.05) is 18.2 Å². The van der Waals surface area contributed by atoms with Crippen LogP contribution in [0.4, 0.5) is 23.1 Å². The maximum absolute atomic E-state index is 5.44. The van der Waals surface area contributed by atoms with Gasteiger partial charge in [0.1, 0.15) is 0 Å². The summed E-state index contributed by atoms with van der Waals surface area (Å²) in [6.45, 7) is 9.49. The SMILES string of the molecule is CC(C)(C)Nc1cnnc(Nc2ccccc2N2CCOCC2)n1. The molecule has 0 atom stereocenters. The molecule has 0 saturated carbocycles. The van der Waals surface area contributed by atoms with Crippen LogP contribution in [0.15, 0.2) is 30.5 Å². The Morgan fingerprint density at radius 1 is 1.12 bits per heavy atom. The van der Waals surface area contributed by atoms with E-state index in [2.05, 4.69) is 57.6 Å². The Bertz CT molecular complexity index is 679. The molecule has 1 fully saturated rings. The fourth-order valence-electron chi connectivity index (χ4n) is 2.58. The molecule has 1 saturated heterocycles. The molecule has 2 aromatic rings. The van der Waals surface area contributed by atoms with Crippen molar-refractivity contribution in [2.75, 3.05) is 41.8 Å². The van der Waals surface area contributed by atoms with Crippen molar-refractivity contribution >= 4 is 23.1 Å². The Morgan fingerprint density at radius 3 is 2.62 bits per heavy atom. The minimum absolute atomic E-state index is 0.0843. The molecule has 24 heavy (non-hydrogen) atoms. The van der Waals surface area contributed by atoms with Crippen molar-refractivity contribution in [1.29, 1.82) is 0 Å². The Kier molecular flexibility index (Phi) is 4.80. The predicted molar refractivity (Wildman–Crippen MR) is 96.0 cm³/mol. The Balaban J connectivity index is 1.80. The van der Waals surface area contributed by atoms with Crippen LogP contribution in [0.1, 0.15) is 20.8 Å². The van der Waals surface area contributed by atoms with Crippen molar-refractivity contribution in [3.05, 3.63) is 30.5 Å². The minimum atomic E-state index is -0.0843. The van der Waals surface area contributed by atoms with Crippen LogP contribution >= 0.6 is 0 Å². The van der Waals surface area contributed by atoms with Gasteiger partial charge in [0.2, 0.25) is 5.95 Å². The van der Waals surface area contributed by atoms with Crippen molar-refractivity contribution in [1.82, 2.24) is 15.2 Å². The van der Waals surface area contributed by atoms with Gasteiger partial charge >= 0.3 is 0 Å². The maximum Gasteiger partial charge on any atom is 0.249 e. The molecule has 1 aliphatic rings. The van der Waals surface area contributed by atoms with Gasteiger partial charge in [-0.25, -0.2) is 0 Å². The van der Waals surface area contributed by atoms with Crippen molar-refractivity contribution < 1.29 is 4.74 Å². The zero-order valence-electron chi connectivity index (χ0n) is 14.4. The summed E-state index contributed by atoms with van der Waals surface area (Å²) in [5, 5.41) is 14.7. The Hall–Kier alpha value is -2.41. The van der Waals surface area contributed by atoms with E-state index in [1.54, 1.807) is 6.20 Å². The van der Waals surface area contributed by atoms with Crippen molar-refractivity contribution in [3.8, 4) is 0 Å². The molecule has 0 spiro atoms. The highest BCUT2D eigenvalue weighted by Crippen LogP contribution is 2.28. The number of hydrogen-bond donors (Lipinski definition) is 2. The molecular formula is C17H24N6O. The molecule has 7 heteroatoms. The van der Waals surface area contributed by atoms with Gasteiger partial charge < -0.3 is 20.3 Å². The third-order valence-corrected chi connectivity index (χ3v) is 3.56. The number of benzene rings is 1. The molecule has 0 unspecified atom stereocenters. The lowest BCUT2D eigenvalue weighted by atomic mass is 10.1. The van der Waals surface area contributed by atoms with E-state index in [4.69, 9.17) is 4.74 Å². The summed E-state index contributed by atoms with van der Waals surface area (Å²) < 4.78 is 5.44. The largest absolute Gasteiger partial charge is 0.378 e. The summed E-state index contributed by atoms with van der Waals surface area (Å²) in [6, 6.07) is 8.15. The first kappa shape index (κ1) is 16.4. The van der Waals surface area contributed by atoms with E-state index >= 15 is 0 Å². The lowest BCUT2D eigenvalue weighted by Gasteiger charge is -2.30. The fraction of sp³-hybridized carbons (Fsp3) is 0.471. The second-order valence-electron chi connectivity index (χ2n) is 6.78. The Morgan fingerprint density at radius 2 is 1.88 bits per heavy atom. The average Bonchev–Trinajstić information content (AvgIpc) is 2.55. The van der Waals surface area contributed by atoms with Crippen LogP contribution in [0.25, 0.3) is 0 Å². The van der Waals surface area contributed by atoms with Gasteiger partial charge in [-0.3, -0.25) is 0 Å². The molecule has 1 aromatic carbocycles. The number of hydrogen-bond acceptors (Lipinski definition) is 7. The molecule has 2 N–H and O–H groups in total. The van der Waals surface area contributed by atoms with Crippen molar-refractivity contribution in [3.63, 3.8) is 0 Å². The first-order chi connectivity index (χ1) is 11.5. The van der Waals surface area contributed by atoms with E-state index in [9.17, 15) is 0 Å². The Labute approximate surface area is 142 Å². The highest BCUT2D eigenvalue weighted by atomic mass is 16.5. The molecule has 0 bridgehead atoms. The minimum Gasteiger partial charge on any atom is -0.378 e. The van der Waals surface area contributed by atoms with E-state index < -0.39 is 0 Å². The standard InChI is InChI=1S/C17H24N6O/c1-17(2,3)21-15-12-18-22-16(20-15)19-13-6-4-5-7-14(13)23-8-10-24-11-9-23/h4-7,12H,8-11H2,1-3H3,(H2,19,20,21,22). The first-order valence-electron chi connectivity index (χ1n) is 8.18. The number of morpholine rings is 1. The monoisotopic (exact) mass is 328 g/mol. The first-order valence-corrected chi connectivity index (χ1v) is 8.18. The van der Waals surface area contributed by atoms with Crippen LogP contribution < -0.4 is 15.5 Å². The van der Waals surface area contributed by atoms with Gasteiger partial charge in [-0.15, -0.1) is 5.10 Å². The molecule has 1 aromatic heterocycles. The van der Waals surface area contributed by atoms with Crippen molar-refractivity contribution in [2.45, 2.75) is 26.3 Å². The molecule has 0 aliphatic carbocycles. The zero-order valence-corrected chi connectivity index (χ0v) is 14.4. The van der Waals surface area contributed by atoms with Gasteiger partial charge in [0.15, 0.2) is 5.82 Å². The number of para-hydroxylation sites is 2. The average molecular weight is 328 g/mol. The summed E-state index contributed by atoms with van der Waals surface area (Å²) >= 11 is 0. The van der Waals surface area contributed by atoms with E-state index in [0.717, 1.165) is 37.7 Å². The van der Waals surface area contributed by atoms with Gasteiger partial charge in [-0.05, 0) is 32.9 Å². The normalized spacial score (nSPS) is 15.2. The lowest BCUT2D eigenvalue weighted by Crippen LogP contribution is -2.36. The molecule has 1 aliphatic heterocycles. The number of nitrogens with zero attached hydrogens (tertiary/aromatic N) is 4. The van der Waals surface area contributed by atoms with Gasteiger partial charge in [-0.1, -0.05) is 12.1 Å². The van der Waals surface area contributed by atoms with Crippen LogP contribution in [0.3, 0.4) is 0 Å². The fourth-order valence-corrected chi connectivity index (χ4v) is 2.58. The van der Waals surface area contributed by atoms with Gasteiger partial charge in [0.05, 0.1) is 30.8 Å². The maximum atomic E-state index is 5.44. The third kappa shape index (κ3) is 4.32. The second kappa shape index (κ2) is 7.00. The molecule has 7 nitrogen and oxygen atoms in total. The number of nitrogens with one attached hydrogen (secondary N) is 2. The van der Waals surface area contributed by atoms with Crippen LogP contribution in [-0.2, 0) is 4.74 Å². The summed E-state index contributed by atoms with van der Waals surface area (Å²) in [4.78, 5) is 6.80. The number of rotatable bonds is 4. The van der Waals surface area contributed by atoms with E-state index in [-0.39, 0.29) is 5.54 Å². The smallest absolute Gasteiger partial charge is 0.249 e. The summed E-state index contributed by atoms with van der Waals surface area (Å²) in [6.07, 6.45) is 1.63. The molecule has 3 rings (SSSR count). The summed E-state index contributed by atoms with van der Waals surface area (Å²) in [5.74, 6) is 1.17. The summed E-state index contributed by atoms with van der Waals surface area (Å²) in [5.41, 5.74) is 2.01. The van der Waals surface area contributed by atoms with E-state index in [0.29, 0.717) is 11.8 Å². The number of aromatic nitrogens is 3. The molecule has 128 valence electrons. The quantitative estimate of drug-likeness (QED) is 0.893. The molecule has 0 radical (unpaired) electrons. The summed E-state index contributed by atoms with van der Waals surface area (Å²) in [7, 11) is 0. The van der Waals surface area contributed by atoms with Gasteiger partial charge in [-0.2, -0.15) is 10.1 Å². The highest BCUT2D eigenvalue weighted by Gasteiger charge is 2.16. The molecular weight excluding hydrogens is 304 g/mol. The molecule has 0 amide bonds. The zero-order chi connectivity index (χ0) is 17.0. The topological polar surface area (TPSA) is 75.2 Å². The van der Waals surface area contributed by atoms with E-state index in [1.165, 1.54) is 0 Å². The number of ether oxygens (including phenoxy) is 1. The van der Waals surface area contributed by atoms with Gasteiger partial charge in [0, 0.05) is 18.6 Å². The van der Waals surface area contributed by atoms with Crippen LogP contribution in [0, 0.1) is 0 Å². The number of anilines is 4.